The molecule has 0 atom stereocenters. The Hall–Kier alpha value is -2.88. The fourth-order valence-corrected chi connectivity index (χ4v) is 3.00. The van der Waals surface area contributed by atoms with Crippen LogP contribution in [0.4, 0.5) is 5.82 Å². The Labute approximate surface area is 141 Å². The Morgan fingerprint density at radius 3 is 2.67 bits per heavy atom. The number of allylic oxidation sites excluding steroid dienone is 1. The van der Waals surface area contributed by atoms with Crippen LogP contribution in [-0.4, -0.2) is 16.1 Å². The zero-order valence-corrected chi connectivity index (χ0v) is 13.4. The van der Waals surface area contributed by atoms with Crippen LogP contribution in [-0.2, 0) is 0 Å². The van der Waals surface area contributed by atoms with Gasteiger partial charge in [0.2, 0.25) is 0 Å². The zero-order chi connectivity index (χ0) is 16.4. The second kappa shape index (κ2) is 6.32. The molecule has 4 rings (SSSR count). The fourth-order valence-electron chi connectivity index (χ4n) is 3.00. The summed E-state index contributed by atoms with van der Waals surface area (Å²) in [5, 5.41) is 4.39. The third-order valence-electron chi connectivity index (χ3n) is 4.43. The Morgan fingerprint density at radius 2 is 1.83 bits per heavy atom. The van der Waals surface area contributed by atoms with E-state index in [-0.39, 0.29) is 6.10 Å². The summed E-state index contributed by atoms with van der Waals surface area (Å²) < 4.78 is 6.15. The number of fused-ring (bicyclic) bond motifs is 1. The Kier molecular flexibility index (Phi) is 3.87. The summed E-state index contributed by atoms with van der Waals surface area (Å²) in [6.07, 6.45) is 5.71. The van der Waals surface area contributed by atoms with E-state index in [0.29, 0.717) is 5.92 Å². The first-order valence-corrected chi connectivity index (χ1v) is 8.17. The fraction of sp³-hybridized carbons (Fsp3) is 0.200. The number of ether oxygens (including phenoxy) is 1. The van der Waals surface area contributed by atoms with E-state index in [9.17, 15) is 0 Å². The van der Waals surface area contributed by atoms with Gasteiger partial charge in [-0.25, -0.2) is 4.98 Å². The van der Waals surface area contributed by atoms with Crippen LogP contribution in [0.25, 0.3) is 10.9 Å². The molecule has 0 saturated heterocycles. The topological polar surface area (TPSA) is 47.0 Å². The average molecular weight is 317 g/mol. The van der Waals surface area contributed by atoms with Crippen LogP contribution in [0, 0.1) is 5.92 Å². The van der Waals surface area contributed by atoms with Gasteiger partial charge in [0.25, 0.3) is 0 Å². The standard InChI is InChI=1S/C20H19N3O/c1-14(23-19-9-2-3-10-21-19)16-12-17(13-16)24-18-8-4-6-15-7-5-11-22-20(15)18/h2-11,16-17H,1,12-13H2,(H,21,23). The molecule has 24 heavy (non-hydrogen) atoms. The van der Waals surface area contributed by atoms with Gasteiger partial charge in [0.1, 0.15) is 23.2 Å². The molecule has 1 fully saturated rings. The highest BCUT2D eigenvalue weighted by Gasteiger charge is 2.33. The number of hydrogen-bond acceptors (Lipinski definition) is 4. The molecule has 120 valence electrons. The van der Waals surface area contributed by atoms with E-state index in [1.54, 1.807) is 12.4 Å². The smallest absolute Gasteiger partial charge is 0.145 e. The SMILES string of the molecule is C=C(Nc1ccccn1)C1CC(Oc2cccc3cccnc23)C1. The van der Waals surface area contributed by atoms with Crippen LogP contribution in [0.1, 0.15) is 12.8 Å². The zero-order valence-electron chi connectivity index (χ0n) is 13.4. The predicted molar refractivity (Wildman–Crippen MR) is 95.9 cm³/mol. The van der Waals surface area contributed by atoms with Gasteiger partial charge in [0.15, 0.2) is 0 Å². The van der Waals surface area contributed by atoms with Crippen molar-refractivity contribution in [3.05, 3.63) is 73.2 Å². The van der Waals surface area contributed by atoms with Crippen molar-refractivity contribution in [3.63, 3.8) is 0 Å². The molecule has 2 aromatic heterocycles. The summed E-state index contributed by atoms with van der Waals surface area (Å²) in [7, 11) is 0. The van der Waals surface area contributed by atoms with Crippen LogP contribution < -0.4 is 10.1 Å². The number of nitrogens with one attached hydrogen (secondary N) is 1. The lowest BCUT2D eigenvalue weighted by Crippen LogP contribution is -2.36. The number of pyridine rings is 2. The first kappa shape index (κ1) is 14.7. The third kappa shape index (κ3) is 2.95. The number of aromatic nitrogens is 2. The van der Waals surface area contributed by atoms with Crippen LogP contribution in [0.3, 0.4) is 0 Å². The largest absolute Gasteiger partial charge is 0.488 e. The highest BCUT2D eigenvalue weighted by atomic mass is 16.5. The molecule has 0 bridgehead atoms. The van der Waals surface area contributed by atoms with Gasteiger partial charge in [0, 0.05) is 29.4 Å². The molecule has 4 heteroatoms. The monoisotopic (exact) mass is 317 g/mol. The molecule has 1 aliphatic carbocycles. The van der Waals surface area contributed by atoms with Crippen molar-refractivity contribution in [2.75, 3.05) is 5.32 Å². The lowest BCUT2D eigenvalue weighted by Gasteiger charge is -2.36. The maximum Gasteiger partial charge on any atom is 0.145 e. The number of anilines is 1. The van der Waals surface area contributed by atoms with Crippen molar-refractivity contribution in [3.8, 4) is 5.75 Å². The normalized spacial score (nSPS) is 19.5. The molecule has 0 unspecified atom stereocenters. The van der Waals surface area contributed by atoms with E-state index in [4.69, 9.17) is 4.74 Å². The summed E-state index contributed by atoms with van der Waals surface area (Å²) in [6.45, 7) is 4.14. The number of para-hydroxylation sites is 1. The summed E-state index contributed by atoms with van der Waals surface area (Å²) in [6, 6.07) is 15.9. The quantitative estimate of drug-likeness (QED) is 0.757. The van der Waals surface area contributed by atoms with Gasteiger partial charge in [0.05, 0.1) is 0 Å². The lowest BCUT2D eigenvalue weighted by atomic mass is 9.80. The minimum Gasteiger partial charge on any atom is -0.488 e. The number of benzene rings is 1. The van der Waals surface area contributed by atoms with Gasteiger partial charge in [-0.15, -0.1) is 0 Å². The van der Waals surface area contributed by atoms with E-state index in [1.807, 2.05) is 36.4 Å². The van der Waals surface area contributed by atoms with Gasteiger partial charge in [-0.1, -0.05) is 30.8 Å². The first-order valence-electron chi connectivity index (χ1n) is 8.17. The van der Waals surface area contributed by atoms with E-state index in [0.717, 1.165) is 41.0 Å². The first-order chi connectivity index (χ1) is 11.8. The second-order valence-electron chi connectivity index (χ2n) is 6.10. The lowest BCUT2D eigenvalue weighted by molar-refractivity contribution is 0.0833. The molecule has 3 aromatic rings. The van der Waals surface area contributed by atoms with Crippen molar-refractivity contribution >= 4 is 16.7 Å². The molecule has 1 aliphatic rings. The summed E-state index contributed by atoms with van der Waals surface area (Å²) >= 11 is 0. The molecule has 0 spiro atoms. The van der Waals surface area contributed by atoms with Gasteiger partial charge >= 0.3 is 0 Å². The van der Waals surface area contributed by atoms with Crippen LogP contribution in [0.15, 0.2) is 73.2 Å². The maximum atomic E-state index is 6.15. The van der Waals surface area contributed by atoms with E-state index in [1.165, 1.54) is 0 Å². The molecule has 0 radical (unpaired) electrons. The van der Waals surface area contributed by atoms with Gasteiger partial charge in [-0.2, -0.15) is 0 Å². The molecular weight excluding hydrogens is 298 g/mol. The maximum absolute atomic E-state index is 6.15. The molecular formula is C20H19N3O. The van der Waals surface area contributed by atoms with Crippen molar-refractivity contribution in [1.29, 1.82) is 0 Å². The summed E-state index contributed by atoms with van der Waals surface area (Å²) in [5.41, 5.74) is 1.93. The Morgan fingerprint density at radius 1 is 1.00 bits per heavy atom. The summed E-state index contributed by atoms with van der Waals surface area (Å²) in [4.78, 5) is 8.71. The molecule has 0 amide bonds. The van der Waals surface area contributed by atoms with Crippen molar-refractivity contribution in [2.45, 2.75) is 18.9 Å². The third-order valence-corrected chi connectivity index (χ3v) is 4.43. The van der Waals surface area contributed by atoms with E-state index < -0.39 is 0 Å². The molecule has 0 aliphatic heterocycles. The van der Waals surface area contributed by atoms with Gasteiger partial charge in [-0.3, -0.25) is 4.98 Å². The second-order valence-corrected chi connectivity index (χ2v) is 6.10. The average Bonchev–Trinajstić information content (AvgIpc) is 2.58. The van der Waals surface area contributed by atoms with Crippen molar-refractivity contribution in [1.82, 2.24) is 9.97 Å². The van der Waals surface area contributed by atoms with Crippen molar-refractivity contribution < 1.29 is 4.74 Å². The molecule has 1 N–H and O–H groups in total. The highest BCUT2D eigenvalue weighted by Crippen LogP contribution is 2.37. The molecule has 4 nitrogen and oxygen atoms in total. The van der Waals surface area contributed by atoms with Crippen LogP contribution >= 0.6 is 0 Å². The van der Waals surface area contributed by atoms with E-state index in [2.05, 4.69) is 34.0 Å². The number of hydrogen-bond donors (Lipinski definition) is 1. The minimum absolute atomic E-state index is 0.213. The Balaban J connectivity index is 1.37. The predicted octanol–water partition coefficient (Wildman–Crippen LogP) is 4.41. The molecule has 2 heterocycles. The number of nitrogens with zero attached hydrogens (tertiary/aromatic N) is 2. The number of rotatable bonds is 5. The summed E-state index contributed by atoms with van der Waals surface area (Å²) in [5.74, 6) is 2.12. The molecule has 1 saturated carbocycles. The van der Waals surface area contributed by atoms with Gasteiger partial charge < -0.3 is 10.1 Å². The minimum atomic E-state index is 0.213. The van der Waals surface area contributed by atoms with Gasteiger partial charge in [-0.05, 0) is 37.1 Å². The van der Waals surface area contributed by atoms with E-state index >= 15 is 0 Å². The van der Waals surface area contributed by atoms with Crippen LogP contribution in [0.5, 0.6) is 5.75 Å². The van der Waals surface area contributed by atoms with Crippen LogP contribution in [0.2, 0.25) is 0 Å². The van der Waals surface area contributed by atoms with Crippen molar-refractivity contribution in [2.24, 2.45) is 5.92 Å². The molecule has 1 aromatic carbocycles. The Bertz CT molecular complexity index is 852. The highest BCUT2D eigenvalue weighted by molar-refractivity contribution is 5.84.